The van der Waals surface area contributed by atoms with Crippen molar-refractivity contribution in [3.05, 3.63) is 60.2 Å². The molecule has 2 amide bonds. The van der Waals surface area contributed by atoms with Gasteiger partial charge in [-0.1, -0.05) is 31.0 Å². The first-order chi connectivity index (χ1) is 16.3. The number of anilines is 1. The number of benzene rings is 2. The van der Waals surface area contributed by atoms with Crippen molar-refractivity contribution < 1.29 is 22.7 Å². The molecule has 1 aliphatic rings. The topological polar surface area (TPSA) is 96.0 Å². The lowest BCUT2D eigenvalue weighted by atomic mass is 10.2. The molecule has 0 atom stereocenters. The molecule has 1 fully saturated rings. The summed E-state index contributed by atoms with van der Waals surface area (Å²) in [5.74, 6) is -0.0574. The van der Waals surface area contributed by atoms with E-state index in [-0.39, 0.29) is 23.3 Å². The molecule has 1 N–H and O–H groups in total. The van der Waals surface area contributed by atoms with Crippen molar-refractivity contribution in [2.24, 2.45) is 0 Å². The third-order valence-corrected chi connectivity index (χ3v) is 7.52. The molecule has 0 aromatic heterocycles. The Morgan fingerprint density at radius 3 is 2.38 bits per heavy atom. The van der Waals surface area contributed by atoms with Gasteiger partial charge in [-0.2, -0.15) is 4.31 Å². The highest BCUT2D eigenvalue weighted by Crippen LogP contribution is 2.21. The number of ether oxygens (including phenoxy) is 1. The van der Waals surface area contributed by atoms with Crippen molar-refractivity contribution in [2.45, 2.75) is 30.6 Å². The molecular formula is C25H31N3O5S. The monoisotopic (exact) mass is 485 g/mol. The van der Waals surface area contributed by atoms with Crippen LogP contribution >= 0.6 is 0 Å². The second kappa shape index (κ2) is 11.8. The number of carbonyl (C=O) groups excluding carboxylic acids is 2. The Morgan fingerprint density at radius 1 is 1.06 bits per heavy atom. The minimum absolute atomic E-state index is 0.118. The SMILES string of the molecule is COc1cccc(NC(=O)CN(C)C(=O)/C=C/c2ccc(S(=O)(=O)N3CCCCCC3)cc2)c1. The fourth-order valence-electron chi connectivity index (χ4n) is 3.67. The normalized spacial score (nSPS) is 15.0. The van der Waals surface area contributed by atoms with Crippen LogP contribution in [0.15, 0.2) is 59.5 Å². The summed E-state index contributed by atoms with van der Waals surface area (Å²) in [5.41, 5.74) is 1.27. The molecule has 0 radical (unpaired) electrons. The van der Waals surface area contributed by atoms with Gasteiger partial charge in [0.2, 0.25) is 21.8 Å². The van der Waals surface area contributed by atoms with Gasteiger partial charge >= 0.3 is 0 Å². The minimum Gasteiger partial charge on any atom is -0.497 e. The molecule has 0 unspecified atom stereocenters. The molecule has 3 rings (SSSR count). The second-order valence-electron chi connectivity index (χ2n) is 8.20. The van der Waals surface area contributed by atoms with Gasteiger partial charge in [0.15, 0.2) is 0 Å². The maximum Gasteiger partial charge on any atom is 0.246 e. The van der Waals surface area contributed by atoms with E-state index in [1.165, 1.54) is 18.0 Å². The number of hydrogen-bond donors (Lipinski definition) is 1. The van der Waals surface area contributed by atoms with Crippen molar-refractivity contribution in [1.29, 1.82) is 0 Å². The van der Waals surface area contributed by atoms with E-state index in [1.807, 2.05) is 0 Å². The third kappa shape index (κ3) is 6.91. The summed E-state index contributed by atoms with van der Waals surface area (Å²) in [6.07, 6.45) is 6.83. The molecule has 2 aromatic carbocycles. The van der Waals surface area contributed by atoms with Crippen molar-refractivity contribution >= 4 is 33.6 Å². The van der Waals surface area contributed by atoms with Crippen LogP contribution in [0.4, 0.5) is 5.69 Å². The van der Waals surface area contributed by atoms with E-state index < -0.39 is 10.0 Å². The maximum absolute atomic E-state index is 12.9. The van der Waals surface area contributed by atoms with E-state index in [2.05, 4.69) is 5.32 Å². The Labute approximate surface area is 201 Å². The van der Waals surface area contributed by atoms with Gasteiger partial charge in [0.25, 0.3) is 0 Å². The number of nitrogens with zero attached hydrogens (tertiary/aromatic N) is 2. The standard InChI is InChI=1S/C25H31N3O5S/c1-27(19-24(29)26-21-8-7-9-22(18-21)33-2)25(30)15-12-20-10-13-23(14-11-20)34(31,32)28-16-5-3-4-6-17-28/h7-15,18H,3-6,16-17,19H2,1-2H3,(H,26,29)/b15-12+. The highest BCUT2D eigenvalue weighted by atomic mass is 32.2. The van der Waals surface area contributed by atoms with Crippen LogP contribution in [0.3, 0.4) is 0 Å². The molecule has 34 heavy (non-hydrogen) atoms. The van der Waals surface area contributed by atoms with Gasteiger partial charge in [0.05, 0.1) is 18.6 Å². The van der Waals surface area contributed by atoms with Crippen molar-refractivity contribution in [1.82, 2.24) is 9.21 Å². The number of methoxy groups -OCH3 is 1. The lowest BCUT2D eigenvalue weighted by Gasteiger charge is -2.19. The van der Waals surface area contributed by atoms with Crippen LogP contribution in [0.1, 0.15) is 31.2 Å². The Balaban J connectivity index is 1.55. The van der Waals surface area contributed by atoms with Crippen molar-refractivity contribution in [3.8, 4) is 5.75 Å². The van der Waals surface area contributed by atoms with Crippen LogP contribution in [0.25, 0.3) is 6.08 Å². The zero-order valence-electron chi connectivity index (χ0n) is 19.6. The molecule has 1 saturated heterocycles. The van der Waals surface area contributed by atoms with E-state index >= 15 is 0 Å². The van der Waals surface area contributed by atoms with Crippen LogP contribution in [0, 0.1) is 0 Å². The molecule has 0 spiro atoms. The average molecular weight is 486 g/mol. The Kier molecular flexibility index (Phi) is 8.84. The van der Waals surface area contributed by atoms with Gasteiger partial charge in [0, 0.05) is 38.0 Å². The van der Waals surface area contributed by atoms with Crippen LogP contribution in [0.5, 0.6) is 5.75 Å². The fraction of sp³-hybridized carbons (Fsp3) is 0.360. The van der Waals surface area contributed by atoms with E-state index in [0.29, 0.717) is 30.1 Å². The first-order valence-electron chi connectivity index (χ1n) is 11.3. The maximum atomic E-state index is 12.9. The first-order valence-corrected chi connectivity index (χ1v) is 12.7. The molecule has 0 saturated carbocycles. The van der Waals surface area contributed by atoms with Gasteiger partial charge in [-0.15, -0.1) is 0 Å². The summed E-state index contributed by atoms with van der Waals surface area (Å²) in [7, 11) is -0.429. The van der Waals surface area contributed by atoms with Crippen LogP contribution in [-0.4, -0.2) is 63.2 Å². The van der Waals surface area contributed by atoms with E-state index in [0.717, 1.165) is 25.7 Å². The number of nitrogens with one attached hydrogen (secondary N) is 1. The number of likely N-dealkylation sites (N-methyl/N-ethyl adjacent to an activating group) is 1. The molecular weight excluding hydrogens is 454 g/mol. The predicted octanol–water partition coefficient (Wildman–Crippen LogP) is 3.37. The van der Waals surface area contributed by atoms with E-state index in [4.69, 9.17) is 4.74 Å². The van der Waals surface area contributed by atoms with Crippen LogP contribution in [0.2, 0.25) is 0 Å². The molecule has 182 valence electrons. The third-order valence-electron chi connectivity index (χ3n) is 5.61. The number of carbonyl (C=O) groups is 2. The Bertz CT molecular complexity index is 1120. The van der Waals surface area contributed by atoms with Crippen molar-refractivity contribution in [2.75, 3.05) is 39.1 Å². The Hall–Kier alpha value is -3.17. The highest BCUT2D eigenvalue weighted by Gasteiger charge is 2.24. The molecule has 0 bridgehead atoms. The smallest absolute Gasteiger partial charge is 0.246 e. The number of hydrogen-bond acceptors (Lipinski definition) is 5. The fourth-order valence-corrected chi connectivity index (χ4v) is 5.19. The Morgan fingerprint density at radius 2 is 1.74 bits per heavy atom. The summed E-state index contributed by atoms with van der Waals surface area (Å²) >= 11 is 0. The van der Waals surface area contributed by atoms with Crippen molar-refractivity contribution in [3.63, 3.8) is 0 Å². The zero-order chi connectivity index (χ0) is 24.6. The summed E-state index contributed by atoms with van der Waals surface area (Å²) in [6.45, 7) is 0.986. The minimum atomic E-state index is -3.51. The van der Waals surface area contributed by atoms with Crippen LogP contribution in [-0.2, 0) is 19.6 Å². The lowest BCUT2D eigenvalue weighted by Crippen LogP contribution is -2.33. The summed E-state index contributed by atoms with van der Waals surface area (Å²) in [5, 5.41) is 2.73. The largest absolute Gasteiger partial charge is 0.497 e. The molecule has 8 nitrogen and oxygen atoms in total. The van der Waals surface area contributed by atoms with Gasteiger partial charge in [-0.05, 0) is 48.7 Å². The quantitative estimate of drug-likeness (QED) is 0.579. The highest BCUT2D eigenvalue weighted by molar-refractivity contribution is 7.89. The predicted molar refractivity (Wildman–Crippen MR) is 132 cm³/mol. The average Bonchev–Trinajstić information content (AvgIpc) is 3.13. The summed E-state index contributed by atoms with van der Waals surface area (Å²) in [4.78, 5) is 26.2. The lowest BCUT2D eigenvalue weighted by molar-refractivity contribution is -0.129. The van der Waals surface area contributed by atoms with Gasteiger partial charge in [-0.3, -0.25) is 9.59 Å². The molecule has 1 heterocycles. The second-order valence-corrected chi connectivity index (χ2v) is 10.1. The summed E-state index contributed by atoms with van der Waals surface area (Å²) < 4.78 is 32.4. The van der Waals surface area contributed by atoms with Gasteiger partial charge < -0.3 is 15.0 Å². The zero-order valence-corrected chi connectivity index (χ0v) is 20.4. The van der Waals surface area contributed by atoms with Crippen LogP contribution < -0.4 is 10.1 Å². The van der Waals surface area contributed by atoms with E-state index in [1.54, 1.807) is 66.0 Å². The van der Waals surface area contributed by atoms with E-state index in [9.17, 15) is 18.0 Å². The molecule has 2 aromatic rings. The van der Waals surface area contributed by atoms with Gasteiger partial charge in [0.1, 0.15) is 5.75 Å². The summed E-state index contributed by atoms with van der Waals surface area (Å²) in [6, 6.07) is 13.4. The molecule has 0 aliphatic carbocycles. The van der Waals surface area contributed by atoms with Gasteiger partial charge in [-0.25, -0.2) is 8.42 Å². The number of rotatable bonds is 8. The molecule has 1 aliphatic heterocycles. The first kappa shape index (κ1) is 25.5. The molecule has 9 heteroatoms. The number of amides is 2. The number of sulfonamides is 1.